The van der Waals surface area contributed by atoms with Gasteiger partial charge in [0.05, 0.1) is 6.04 Å². The van der Waals surface area contributed by atoms with Crippen molar-refractivity contribution in [2.75, 3.05) is 13.1 Å². The van der Waals surface area contributed by atoms with Gasteiger partial charge in [-0.3, -0.25) is 4.79 Å². The molecule has 1 amide bonds. The Morgan fingerprint density at radius 1 is 0.839 bits per heavy atom. The van der Waals surface area contributed by atoms with Crippen LogP contribution in [-0.4, -0.2) is 42.0 Å². The van der Waals surface area contributed by atoms with E-state index in [1.807, 2.05) is 47.4 Å². The molecule has 160 valence electrons. The maximum atomic E-state index is 13.5. The Balaban J connectivity index is 1.49. The second kappa shape index (κ2) is 10.4. The summed E-state index contributed by atoms with van der Waals surface area (Å²) in [5.74, 6) is 0.0457. The van der Waals surface area contributed by atoms with Crippen molar-refractivity contribution in [3.63, 3.8) is 0 Å². The molecule has 0 unspecified atom stereocenters. The summed E-state index contributed by atoms with van der Waals surface area (Å²) in [5, 5.41) is 3.68. The minimum atomic E-state index is -0.531. The summed E-state index contributed by atoms with van der Waals surface area (Å²) in [6.45, 7) is 1.45. The predicted octanol–water partition coefficient (Wildman–Crippen LogP) is 3.21. The lowest BCUT2D eigenvalue weighted by molar-refractivity contribution is -0.136. The van der Waals surface area contributed by atoms with Crippen LogP contribution in [0.4, 0.5) is 0 Å². The zero-order chi connectivity index (χ0) is 21.5. The van der Waals surface area contributed by atoms with Gasteiger partial charge in [0.15, 0.2) is 0 Å². The molecule has 0 aromatic heterocycles. The molecule has 3 atom stereocenters. The molecular weight excluding hydrogens is 382 g/mol. The number of hydrogen-bond acceptors (Lipinski definition) is 3. The van der Waals surface area contributed by atoms with E-state index < -0.39 is 6.04 Å². The van der Waals surface area contributed by atoms with E-state index in [1.165, 1.54) is 11.1 Å². The third-order valence-electron chi connectivity index (χ3n) is 6.04. The number of nitrogens with two attached hydrogens (primary N) is 1. The zero-order valence-electron chi connectivity index (χ0n) is 17.9. The summed E-state index contributed by atoms with van der Waals surface area (Å²) in [6, 6.07) is 30.7. The number of amides is 1. The smallest absolute Gasteiger partial charge is 0.240 e. The monoisotopic (exact) mass is 413 g/mol. The number of nitrogens with zero attached hydrogens (tertiary/aromatic N) is 1. The highest BCUT2D eigenvalue weighted by Crippen LogP contribution is 2.17. The van der Waals surface area contributed by atoms with Gasteiger partial charge in [0, 0.05) is 25.2 Å². The molecule has 0 spiro atoms. The molecule has 3 aromatic rings. The van der Waals surface area contributed by atoms with Crippen LogP contribution < -0.4 is 11.1 Å². The van der Waals surface area contributed by atoms with Crippen LogP contribution in [0.5, 0.6) is 0 Å². The average molecular weight is 414 g/mol. The maximum Gasteiger partial charge on any atom is 0.240 e. The minimum Gasteiger partial charge on any atom is -0.335 e. The fourth-order valence-corrected chi connectivity index (χ4v) is 4.41. The van der Waals surface area contributed by atoms with E-state index in [-0.39, 0.29) is 18.0 Å². The van der Waals surface area contributed by atoms with Crippen LogP contribution in [0.3, 0.4) is 0 Å². The topological polar surface area (TPSA) is 58.4 Å². The number of piperazine rings is 1. The van der Waals surface area contributed by atoms with Crippen molar-refractivity contribution in [3.8, 4) is 0 Å². The quantitative estimate of drug-likeness (QED) is 0.625. The minimum absolute atomic E-state index is 0.0457. The number of carbonyl (C=O) groups excluding carboxylic acids is 1. The predicted molar refractivity (Wildman–Crippen MR) is 126 cm³/mol. The molecule has 4 nitrogen and oxygen atoms in total. The number of carbonyl (C=O) groups is 1. The average Bonchev–Trinajstić information content (AvgIpc) is 2.81. The second-order valence-corrected chi connectivity index (χ2v) is 8.43. The Hall–Kier alpha value is -2.95. The normalized spacial score (nSPS) is 19.7. The van der Waals surface area contributed by atoms with Crippen molar-refractivity contribution in [1.82, 2.24) is 10.2 Å². The Labute approximate surface area is 185 Å². The Morgan fingerprint density at radius 3 is 1.94 bits per heavy atom. The van der Waals surface area contributed by atoms with Crippen LogP contribution in [0, 0.1) is 0 Å². The van der Waals surface area contributed by atoms with Gasteiger partial charge in [-0.15, -0.1) is 0 Å². The fraction of sp³-hybridized carbons (Fsp3) is 0.296. The van der Waals surface area contributed by atoms with Crippen molar-refractivity contribution in [2.45, 2.75) is 37.4 Å². The third-order valence-corrected chi connectivity index (χ3v) is 6.04. The molecular formula is C27H31N3O. The molecule has 4 heteroatoms. The highest BCUT2D eigenvalue weighted by molar-refractivity contribution is 5.82. The van der Waals surface area contributed by atoms with Crippen molar-refractivity contribution < 1.29 is 4.79 Å². The van der Waals surface area contributed by atoms with Crippen LogP contribution in [0.1, 0.15) is 16.7 Å². The van der Waals surface area contributed by atoms with Gasteiger partial charge in [-0.2, -0.15) is 0 Å². The molecule has 1 fully saturated rings. The van der Waals surface area contributed by atoms with Crippen LogP contribution in [0.15, 0.2) is 91.0 Å². The van der Waals surface area contributed by atoms with Gasteiger partial charge in [-0.25, -0.2) is 0 Å². The molecule has 1 saturated heterocycles. The van der Waals surface area contributed by atoms with Crippen molar-refractivity contribution >= 4 is 5.91 Å². The number of hydrogen-bond donors (Lipinski definition) is 2. The highest BCUT2D eigenvalue weighted by Gasteiger charge is 2.33. The molecule has 4 rings (SSSR count). The first-order valence-electron chi connectivity index (χ1n) is 11.1. The third kappa shape index (κ3) is 5.81. The largest absolute Gasteiger partial charge is 0.335 e. The summed E-state index contributed by atoms with van der Waals surface area (Å²) in [6.07, 6.45) is 2.29. The van der Waals surface area contributed by atoms with E-state index in [9.17, 15) is 4.79 Å². The SMILES string of the molecule is N[C@H](Cc1ccccc1)C(=O)N1C[C@@H](Cc2ccccc2)NC[C@@H]1Cc1ccccc1. The van der Waals surface area contributed by atoms with Gasteiger partial charge in [-0.1, -0.05) is 91.0 Å². The maximum absolute atomic E-state index is 13.5. The van der Waals surface area contributed by atoms with E-state index in [4.69, 9.17) is 5.73 Å². The van der Waals surface area contributed by atoms with Crippen LogP contribution >= 0.6 is 0 Å². The molecule has 1 aliphatic heterocycles. The molecule has 0 saturated carbocycles. The first-order valence-corrected chi connectivity index (χ1v) is 11.1. The Morgan fingerprint density at radius 2 is 1.35 bits per heavy atom. The lowest BCUT2D eigenvalue weighted by Crippen LogP contribution is -2.62. The standard InChI is InChI=1S/C27H31N3O/c28-26(18-23-14-8-3-9-15-23)27(31)30-20-24(16-21-10-4-1-5-11-21)29-19-25(30)17-22-12-6-2-7-13-22/h1-15,24-26,29H,16-20,28H2/t24-,25+,26-/m1/s1. The van der Waals surface area contributed by atoms with E-state index in [0.717, 1.165) is 24.9 Å². The van der Waals surface area contributed by atoms with Gasteiger partial charge in [0.2, 0.25) is 5.91 Å². The summed E-state index contributed by atoms with van der Waals surface area (Å²) in [7, 11) is 0. The second-order valence-electron chi connectivity index (χ2n) is 8.43. The summed E-state index contributed by atoms with van der Waals surface area (Å²) in [4.78, 5) is 15.5. The van der Waals surface area contributed by atoms with Gasteiger partial charge in [0.1, 0.15) is 0 Å². The molecule has 1 aliphatic rings. The molecule has 3 aromatic carbocycles. The van der Waals surface area contributed by atoms with Crippen LogP contribution in [-0.2, 0) is 24.1 Å². The first-order chi connectivity index (χ1) is 15.2. The lowest BCUT2D eigenvalue weighted by atomic mass is 9.96. The van der Waals surface area contributed by atoms with Crippen LogP contribution in [0.2, 0.25) is 0 Å². The molecule has 1 heterocycles. The molecule has 31 heavy (non-hydrogen) atoms. The van der Waals surface area contributed by atoms with Gasteiger partial charge < -0.3 is 16.0 Å². The summed E-state index contributed by atoms with van der Waals surface area (Å²) < 4.78 is 0. The summed E-state index contributed by atoms with van der Waals surface area (Å²) in [5.41, 5.74) is 10.0. The highest BCUT2D eigenvalue weighted by atomic mass is 16.2. The van der Waals surface area contributed by atoms with Crippen molar-refractivity contribution in [1.29, 1.82) is 0 Å². The van der Waals surface area contributed by atoms with Gasteiger partial charge >= 0.3 is 0 Å². The first kappa shape index (κ1) is 21.3. The number of benzene rings is 3. The molecule has 3 N–H and O–H groups in total. The van der Waals surface area contributed by atoms with E-state index >= 15 is 0 Å². The molecule has 0 aliphatic carbocycles. The van der Waals surface area contributed by atoms with Gasteiger partial charge in [-0.05, 0) is 36.0 Å². The molecule has 0 bridgehead atoms. The van der Waals surface area contributed by atoms with Crippen molar-refractivity contribution in [2.24, 2.45) is 5.73 Å². The van der Waals surface area contributed by atoms with E-state index in [1.54, 1.807) is 0 Å². The zero-order valence-corrected chi connectivity index (χ0v) is 17.9. The molecule has 0 radical (unpaired) electrons. The fourth-order valence-electron chi connectivity index (χ4n) is 4.41. The Bertz CT molecular complexity index is 946. The lowest BCUT2D eigenvalue weighted by Gasteiger charge is -2.42. The van der Waals surface area contributed by atoms with Crippen LogP contribution in [0.25, 0.3) is 0 Å². The number of nitrogens with one attached hydrogen (secondary N) is 1. The van der Waals surface area contributed by atoms with Gasteiger partial charge in [0.25, 0.3) is 0 Å². The van der Waals surface area contributed by atoms with E-state index in [2.05, 4.69) is 53.8 Å². The summed E-state index contributed by atoms with van der Waals surface area (Å²) >= 11 is 0. The Kier molecular flexibility index (Phi) is 7.13. The number of rotatable bonds is 7. The van der Waals surface area contributed by atoms with E-state index in [0.29, 0.717) is 13.0 Å². The van der Waals surface area contributed by atoms with Crippen molar-refractivity contribution in [3.05, 3.63) is 108 Å².